The number of aromatic nitrogens is 2. The van der Waals surface area contributed by atoms with Crippen LogP contribution in [0.1, 0.15) is 48.3 Å². The largest absolute Gasteiger partial charge is 0.480 e. The first kappa shape index (κ1) is 16.9. The molecule has 1 aromatic heterocycles. The number of carboxylic acids is 1. The van der Waals surface area contributed by atoms with Crippen molar-refractivity contribution in [3.05, 3.63) is 27.2 Å². The minimum Gasteiger partial charge on any atom is -0.480 e. The number of rotatable bonds is 5. The Balaban J connectivity index is 3.34. The molecule has 0 aliphatic heterocycles. The molecule has 0 unspecified atom stereocenters. The van der Waals surface area contributed by atoms with E-state index in [9.17, 15) is 19.5 Å². The highest BCUT2D eigenvalue weighted by atomic mass is 16.4. The summed E-state index contributed by atoms with van der Waals surface area (Å²) in [6, 6.07) is 0. The summed E-state index contributed by atoms with van der Waals surface area (Å²) < 4.78 is 1.08. The second-order valence-corrected chi connectivity index (χ2v) is 5.06. The summed E-state index contributed by atoms with van der Waals surface area (Å²) in [6.07, 6.45) is 0.460. The summed E-state index contributed by atoms with van der Waals surface area (Å²) >= 11 is 0. The summed E-state index contributed by atoms with van der Waals surface area (Å²) in [5, 5.41) is 15.9. The number of amides is 1. The molecular weight excluding hydrogens is 274 g/mol. The molecule has 1 rings (SSSR count). The molecule has 0 atom stereocenters. The van der Waals surface area contributed by atoms with Crippen LogP contribution in [0.3, 0.4) is 0 Å². The Morgan fingerprint density at radius 2 is 1.81 bits per heavy atom. The maximum Gasteiger partial charge on any atom is 0.329 e. The SMILES string of the molecule is CCC(CC)(NC(=O)c1c(C)c(C)nn(C)c1=O)C(=O)O. The van der Waals surface area contributed by atoms with Crippen LogP contribution in [0.5, 0.6) is 0 Å². The highest BCUT2D eigenvalue weighted by Gasteiger charge is 2.37. The van der Waals surface area contributed by atoms with E-state index in [2.05, 4.69) is 10.4 Å². The van der Waals surface area contributed by atoms with Gasteiger partial charge in [-0.15, -0.1) is 0 Å². The molecule has 21 heavy (non-hydrogen) atoms. The smallest absolute Gasteiger partial charge is 0.329 e. The molecule has 0 aliphatic carbocycles. The molecule has 1 amide bonds. The van der Waals surface area contributed by atoms with Gasteiger partial charge in [-0.05, 0) is 32.3 Å². The van der Waals surface area contributed by atoms with Gasteiger partial charge in [0, 0.05) is 7.05 Å². The lowest BCUT2D eigenvalue weighted by atomic mass is 9.92. The Morgan fingerprint density at radius 1 is 1.29 bits per heavy atom. The van der Waals surface area contributed by atoms with Crippen molar-refractivity contribution in [2.45, 2.75) is 46.1 Å². The lowest BCUT2D eigenvalue weighted by Gasteiger charge is -2.28. The number of nitrogens with one attached hydrogen (secondary N) is 1. The van der Waals surface area contributed by atoms with Crippen LogP contribution < -0.4 is 10.9 Å². The van der Waals surface area contributed by atoms with Gasteiger partial charge in [0.05, 0.1) is 5.69 Å². The zero-order valence-corrected chi connectivity index (χ0v) is 13.0. The Bertz CT molecular complexity index is 630. The third-order valence-electron chi connectivity index (χ3n) is 3.92. The fraction of sp³-hybridized carbons (Fsp3) is 0.571. The highest BCUT2D eigenvalue weighted by Crippen LogP contribution is 2.17. The lowest BCUT2D eigenvalue weighted by molar-refractivity contribution is -0.144. The van der Waals surface area contributed by atoms with Gasteiger partial charge in [0.25, 0.3) is 11.5 Å². The van der Waals surface area contributed by atoms with Crippen LogP contribution in [0, 0.1) is 13.8 Å². The second kappa shape index (κ2) is 6.07. The van der Waals surface area contributed by atoms with Gasteiger partial charge in [0.1, 0.15) is 11.1 Å². The maximum absolute atomic E-state index is 12.4. The lowest BCUT2D eigenvalue weighted by Crippen LogP contribution is -2.54. The van der Waals surface area contributed by atoms with Crippen molar-refractivity contribution in [1.29, 1.82) is 0 Å². The predicted octanol–water partition coefficient (Wildman–Crippen LogP) is 0.770. The molecule has 7 nitrogen and oxygen atoms in total. The highest BCUT2D eigenvalue weighted by molar-refractivity contribution is 5.98. The van der Waals surface area contributed by atoms with Crippen LogP contribution >= 0.6 is 0 Å². The Morgan fingerprint density at radius 3 is 2.24 bits per heavy atom. The van der Waals surface area contributed by atoms with Crippen molar-refractivity contribution in [3.63, 3.8) is 0 Å². The normalized spacial score (nSPS) is 11.3. The van der Waals surface area contributed by atoms with Gasteiger partial charge in [0.2, 0.25) is 0 Å². The molecule has 0 radical (unpaired) electrons. The molecule has 0 spiro atoms. The minimum absolute atomic E-state index is 0.0578. The van der Waals surface area contributed by atoms with Crippen molar-refractivity contribution in [2.24, 2.45) is 7.05 Å². The van der Waals surface area contributed by atoms with Gasteiger partial charge in [-0.1, -0.05) is 13.8 Å². The van der Waals surface area contributed by atoms with Crippen molar-refractivity contribution in [3.8, 4) is 0 Å². The number of hydrogen-bond acceptors (Lipinski definition) is 4. The predicted molar refractivity (Wildman–Crippen MR) is 77.4 cm³/mol. The average Bonchev–Trinajstić information content (AvgIpc) is 2.42. The van der Waals surface area contributed by atoms with E-state index >= 15 is 0 Å². The van der Waals surface area contributed by atoms with Gasteiger partial charge < -0.3 is 10.4 Å². The summed E-state index contributed by atoms with van der Waals surface area (Å²) in [4.78, 5) is 36.0. The molecular formula is C14H21N3O4. The number of aryl methyl sites for hydroxylation is 2. The Kier molecular flexibility index (Phi) is 4.88. The summed E-state index contributed by atoms with van der Waals surface area (Å²) in [5.74, 6) is -1.79. The second-order valence-electron chi connectivity index (χ2n) is 5.06. The molecule has 1 aromatic rings. The first-order valence-electron chi connectivity index (χ1n) is 6.80. The van der Waals surface area contributed by atoms with E-state index in [0.717, 1.165) is 4.68 Å². The van der Waals surface area contributed by atoms with Crippen molar-refractivity contribution in [1.82, 2.24) is 15.1 Å². The summed E-state index contributed by atoms with van der Waals surface area (Å²) in [6.45, 7) is 6.68. The quantitative estimate of drug-likeness (QED) is 0.835. The van der Waals surface area contributed by atoms with Crippen LogP contribution in [-0.4, -0.2) is 32.3 Å². The molecule has 0 aromatic carbocycles. The fourth-order valence-electron chi connectivity index (χ4n) is 2.18. The van der Waals surface area contributed by atoms with E-state index in [1.54, 1.807) is 27.7 Å². The number of carbonyl (C=O) groups excluding carboxylic acids is 1. The van der Waals surface area contributed by atoms with Gasteiger partial charge in [-0.2, -0.15) is 5.10 Å². The fourth-order valence-corrected chi connectivity index (χ4v) is 2.18. The number of carbonyl (C=O) groups is 2. The van der Waals surface area contributed by atoms with Crippen LogP contribution in [0.25, 0.3) is 0 Å². The Hall–Kier alpha value is -2.18. The molecule has 2 N–H and O–H groups in total. The van der Waals surface area contributed by atoms with Crippen LogP contribution in [0.4, 0.5) is 0 Å². The first-order valence-corrected chi connectivity index (χ1v) is 6.80. The molecule has 0 saturated carbocycles. The van der Waals surface area contributed by atoms with Crippen LogP contribution in [0.15, 0.2) is 4.79 Å². The standard InChI is InChI=1S/C14H21N3O4/c1-6-14(7-2,13(20)21)15-11(18)10-8(3)9(4)16-17(5)12(10)19/h6-7H2,1-5H3,(H,15,18)(H,20,21). The molecule has 0 saturated heterocycles. The zero-order valence-electron chi connectivity index (χ0n) is 13.0. The van der Waals surface area contributed by atoms with Crippen molar-refractivity contribution < 1.29 is 14.7 Å². The zero-order chi connectivity index (χ0) is 16.4. The number of carboxylic acid groups (broad SMARTS) is 1. The Labute approximate surface area is 123 Å². The van der Waals surface area contributed by atoms with Gasteiger partial charge in [0.15, 0.2) is 0 Å². The van der Waals surface area contributed by atoms with Crippen molar-refractivity contribution >= 4 is 11.9 Å². The summed E-state index contributed by atoms with van der Waals surface area (Å²) in [7, 11) is 1.45. The average molecular weight is 295 g/mol. The molecule has 0 fully saturated rings. The van der Waals surface area contributed by atoms with E-state index in [0.29, 0.717) is 11.3 Å². The first-order chi connectivity index (χ1) is 9.70. The molecule has 7 heteroatoms. The minimum atomic E-state index is -1.37. The molecule has 116 valence electrons. The van der Waals surface area contributed by atoms with E-state index in [1.165, 1.54) is 7.05 Å². The van der Waals surface area contributed by atoms with Gasteiger partial charge >= 0.3 is 5.97 Å². The van der Waals surface area contributed by atoms with E-state index in [4.69, 9.17) is 0 Å². The third-order valence-corrected chi connectivity index (χ3v) is 3.92. The monoisotopic (exact) mass is 295 g/mol. The van der Waals surface area contributed by atoms with E-state index in [1.807, 2.05) is 0 Å². The van der Waals surface area contributed by atoms with E-state index < -0.39 is 23.0 Å². The van der Waals surface area contributed by atoms with E-state index in [-0.39, 0.29) is 18.4 Å². The van der Waals surface area contributed by atoms with Crippen molar-refractivity contribution in [2.75, 3.05) is 0 Å². The number of hydrogen-bond donors (Lipinski definition) is 2. The van der Waals surface area contributed by atoms with Crippen LogP contribution in [0.2, 0.25) is 0 Å². The third kappa shape index (κ3) is 2.96. The van der Waals surface area contributed by atoms with Gasteiger partial charge in [-0.3, -0.25) is 9.59 Å². The maximum atomic E-state index is 12.4. The summed E-state index contributed by atoms with van der Waals surface area (Å²) in [5.41, 5.74) is -0.955. The topological polar surface area (TPSA) is 101 Å². The number of aliphatic carboxylic acids is 1. The molecule has 0 aliphatic rings. The van der Waals surface area contributed by atoms with Gasteiger partial charge in [-0.25, -0.2) is 9.48 Å². The number of nitrogens with zero attached hydrogens (tertiary/aromatic N) is 2. The molecule has 0 bridgehead atoms. The van der Waals surface area contributed by atoms with Crippen LogP contribution in [-0.2, 0) is 11.8 Å². The molecule has 1 heterocycles.